The van der Waals surface area contributed by atoms with Gasteiger partial charge in [0.05, 0.1) is 11.4 Å². The molecule has 0 fully saturated rings. The number of nitrogens with one attached hydrogen (secondary N) is 2. The minimum Gasteiger partial charge on any atom is -0.465 e. The number of rotatable bonds is 4. The molecule has 0 heterocycles. The van der Waals surface area contributed by atoms with Gasteiger partial charge in [-0.3, -0.25) is 15.4 Å². The minimum absolute atomic E-state index is 0.00167. The number of carbonyl (C=O) groups is 3. The highest BCUT2D eigenvalue weighted by Gasteiger charge is 2.20. The predicted molar refractivity (Wildman–Crippen MR) is 81.8 cm³/mol. The molecular weight excluding hydrogens is 288 g/mol. The smallest absolute Gasteiger partial charge is 0.409 e. The maximum Gasteiger partial charge on any atom is 0.409 e. The molecule has 0 aliphatic rings. The summed E-state index contributed by atoms with van der Waals surface area (Å²) in [6.07, 6.45) is -1.76. The van der Waals surface area contributed by atoms with Gasteiger partial charge in [-0.05, 0) is 17.5 Å². The van der Waals surface area contributed by atoms with Crippen LogP contribution in [0.4, 0.5) is 21.0 Å². The monoisotopic (exact) mass is 300 g/mol. The van der Waals surface area contributed by atoms with Gasteiger partial charge in [0, 0.05) is 10.9 Å². The highest BCUT2D eigenvalue weighted by Crippen LogP contribution is 2.35. The highest BCUT2D eigenvalue weighted by atomic mass is 16.4. The van der Waals surface area contributed by atoms with Gasteiger partial charge in [-0.15, -0.1) is 0 Å². The van der Waals surface area contributed by atoms with Crippen molar-refractivity contribution in [3.63, 3.8) is 0 Å². The summed E-state index contributed by atoms with van der Waals surface area (Å²) in [5.74, 6) is -0.525. The summed E-state index contributed by atoms with van der Waals surface area (Å²) >= 11 is 0. The first kappa shape index (κ1) is 15.0. The topological polar surface area (TPSA) is 116 Å². The molecule has 0 radical (unpaired) electrons. The first-order valence-electron chi connectivity index (χ1n) is 6.16. The Morgan fingerprint density at radius 1 is 1.00 bits per heavy atom. The summed E-state index contributed by atoms with van der Waals surface area (Å²) in [7, 11) is 0. The van der Waals surface area contributed by atoms with Crippen LogP contribution in [0.15, 0.2) is 43.0 Å². The van der Waals surface area contributed by atoms with Crippen LogP contribution < -0.4 is 10.6 Å². The number of carboxylic acid groups (broad SMARTS) is 2. The number of benzene rings is 2. The number of amides is 2. The van der Waals surface area contributed by atoms with Crippen LogP contribution in [-0.4, -0.2) is 28.2 Å². The molecule has 0 bridgehead atoms. The molecule has 0 atom stereocenters. The zero-order valence-corrected chi connectivity index (χ0v) is 11.3. The van der Waals surface area contributed by atoms with Crippen molar-refractivity contribution in [1.82, 2.24) is 0 Å². The van der Waals surface area contributed by atoms with Crippen LogP contribution in [0.3, 0.4) is 0 Å². The Kier molecular flexibility index (Phi) is 4.08. The van der Waals surface area contributed by atoms with E-state index in [1.165, 1.54) is 6.07 Å². The number of ketones is 1. The van der Waals surface area contributed by atoms with E-state index in [4.69, 9.17) is 10.2 Å². The van der Waals surface area contributed by atoms with Gasteiger partial charge in [0.25, 0.3) is 0 Å². The van der Waals surface area contributed by atoms with Gasteiger partial charge in [0.15, 0.2) is 5.78 Å². The van der Waals surface area contributed by atoms with Gasteiger partial charge in [-0.2, -0.15) is 0 Å². The summed E-state index contributed by atoms with van der Waals surface area (Å²) in [6, 6.07) is 8.19. The molecule has 0 spiro atoms. The van der Waals surface area contributed by atoms with E-state index in [1.54, 1.807) is 24.3 Å². The molecule has 2 amide bonds. The molecule has 7 heteroatoms. The molecule has 0 unspecified atom stereocenters. The number of carbonyl (C=O) groups excluding carboxylic acids is 1. The fourth-order valence-electron chi connectivity index (χ4n) is 2.13. The number of hydrogen-bond acceptors (Lipinski definition) is 3. The molecule has 0 aliphatic heterocycles. The second-order valence-corrected chi connectivity index (χ2v) is 4.32. The molecule has 0 aliphatic carbocycles. The Morgan fingerprint density at radius 3 is 2.18 bits per heavy atom. The van der Waals surface area contributed by atoms with Crippen molar-refractivity contribution in [2.45, 2.75) is 0 Å². The summed E-state index contributed by atoms with van der Waals surface area (Å²) < 4.78 is 0. The van der Waals surface area contributed by atoms with E-state index in [9.17, 15) is 14.4 Å². The quantitative estimate of drug-likeness (QED) is 0.510. The Hall–Kier alpha value is -3.35. The van der Waals surface area contributed by atoms with Crippen LogP contribution in [0, 0.1) is 0 Å². The third-order valence-corrected chi connectivity index (χ3v) is 2.96. The Balaban J connectivity index is 2.85. The molecular formula is C15H12N2O5. The second-order valence-electron chi connectivity index (χ2n) is 4.32. The lowest BCUT2D eigenvalue weighted by molar-refractivity contribution is 0.104. The van der Waals surface area contributed by atoms with Crippen LogP contribution in [0.5, 0.6) is 0 Å². The van der Waals surface area contributed by atoms with Gasteiger partial charge in [-0.1, -0.05) is 30.8 Å². The fourth-order valence-corrected chi connectivity index (χ4v) is 2.13. The first-order chi connectivity index (χ1) is 10.4. The molecule has 0 saturated carbocycles. The third-order valence-electron chi connectivity index (χ3n) is 2.96. The van der Waals surface area contributed by atoms with Crippen molar-refractivity contribution in [3.05, 3.63) is 48.6 Å². The van der Waals surface area contributed by atoms with Crippen LogP contribution in [-0.2, 0) is 0 Å². The minimum atomic E-state index is -1.41. The number of anilines is 2. The van der Waals surface area contributed by atoms with Crippen LogP contribution in [0.1, 0.15) is 10.4 Å². The maximum absolute atomic E-state index is 12.0. The molecule has 2 aromatic carbocycles. The first-order valence-corrected chi connectivity index (χ1v) is 6.16. The van der Waals surface area contributed by atoms with Crippen molar-refractivity contribution >= 4 is 40.1 Å². The van der Waals surface area contributed by atoms with Crippen molar-refractivity contribution in [1.29, 1.82) is 0 Å². The molecule has 22 heavy (non-hydrogen) atoms. The van der Waals surface area contributed by atoms with Gasteiger partial charge in [-0.25, -0.2) is 9.59 Å². The van der Waals surface area contributed by atoms with Crippen LogP contribution in [0.2, 0.25) is 0 Å². The standard InChI is InChI=1S/C15H12N2O5/c1-2-11(18)10-7-8-5-3-4-6-9(8)12(16-14(19)20)13(10)17-15(21)22/h2-7,16-17H,1H2,(H,19,20)(H,21,22). The summed E-state index contributed by atoms with van der Waals surface area (Å²) in [4.78, 5) is 34.0. The number of fused-ring (bicyclic) bond motifs is 1. The summed E-state index contributed by atoms with van der Waals surface area (Å²) in [5, 5.41) is 23.2. The van der Waals surface area contributed by atoms with E-state index in [2.05, 4.69) is 17.2 Å². The van der Waals surface area contributed by atoms with E-state index in [0.29, 0.717) is 10.8 Å². The normalized spacial score (nSPS) is 10.0. The van der Waals surface area contributed by atoms with E-state index in [-0.39, 0.29) is 16.9 Å². The van der Waals surface area contributed by atoms with Gasteiger partial charge in [0.1, 0.15) is 0 Å². The molecule has 4 N–H and O–H groups in total. The Bertz CT molecular complexity index is 798. The largest absolute Gasteiger partial charge is 0.465 e. The van der Waals surface area contributed by atoms with Gasteiger partial charge < -0.3 is 10.2 Å². The predicted octanol–water partition coefficient (Wildman–Crippen LogP) is 3.39. The molecule has 0 saturated heterocycles. The van der Waals surface area contributed by atoms with E-state index in [1.807, 2.05) is 0 Å². The lowest BCUT2D eigenvalue weighted by Crippen LogP contribution is -2.16. The number of hydrogen-bond donors (Lipinski definition) is 4. The Labute approximate surface area is 124 Å². The van der Waals surface area contributed by atoms with Crippen molar-refractivity contribution in [2.75, 3.05) is 10.6 Å². The second kappa shape index (κ2) is 5.96. The Morgan fingerprint density at radius 2 is 1.59 bits per heavy atom. The third kappa shape index (κ3) is 2.88. The highest BCUT2D eigenvalue weighted by molar-refractivity contribution is 6.18. The zero-order valence-electron chi connectivity index (χ0n) is 11.3. The lowest BCUT2D eigenvalue weighted by Gasteiger charge is -2.16. The zero-order chi connectivity index (χ0) is 16.3. The summed E-state index contributed by atoms with van der Waals surface area (Å²) in [5.41, 5.74) is -0.114. The van der Waals surface area contributed by atoms with E-state index in [0.717, 1.165) is 6.08 Å². The van der Waals surface area contributed by atoms with Crippen LogP contribution in [0.25, 0.3) is 10.8 Å². The molecule has 0 aromatic heterocycles. The van der Waals surface area contributed by atoms with Gasteiger partial charge in [0.2, 0.25) is 0 Å². The van der Waals surface area contributed by atoms with Crippen LogP contribution >= 0.6 is 0 Å². The lowest BCUT2D eigenvalue weighted by atomic mass is 9.99. The van der Waals surface area contributed by atoms with E-state index < -0.39 is 18.0 Å². The van der Waals surface area contributed by atoms with Crippen molar-refractivity contribution < 1.29 is 24.6 Å². The van der Waals surface area contributed by atoms with Crippen molar-refractivity contribution in [3.8, 4) is 0 Å². The average Bonchev–Trinajstić information content (AvgIpc) is 2.47. The number of allylic oxidation sites excluding steroid dienone is 1. The van der Waals surface area contributed by atoms with Crippen molar-refractivity contribution in [2.24, 2.45) is 0 Å². The molecule has 112 valence electrons. The average molecular weight is 300 g/mol. The molecule has 2 rings (SSSR count). The van der Waals surface area contributed by atoms with Gasteiger partial charge >= 0.3 is 12.2 Å². The SMILES string of the molecule is C=CC(=O)c1cc2ccccc2c(NC(=O)O)c1NC(=O)O. The summed E-state index contributed by atoms with van der Waals surface area (Å²) in [6.45, 7) is 3.37. The maximum atomic E-state index is 12.0. The molecule has 2 aromatic rings. The molecule has 7 nitrogen and oxygen atoms in total. The van der Waals surface area contributed by atoms with E-state index >= 15 is 0 Å². The fraction of sp³-hybridized carbons (Fsp3) is 0.